The van der Waals surface area contributed by atoms with E-state index in [0.29, 0.717) is 0 Å². The van der Waals surface area contributed by atoms with Crippen molar-refractivity contribution < 1.29 is 0 Å². The zero-order chi connectivity index (χ0) is 39.8. The number of rotatable bonds is 7. The molecule has 0 radical (unpaired) electrons. The summed E-state index contributed by atoms with van der Waals surface area (Å²) in [6, 6.07) is 88.8. The molecule has 0 N–H and O–H groups in total. The topological polar surface area (TPSA) is 0 Å². The lowest BCUT2D eigenvalue weighted by atomic mass is 9.84. The third-order valence-electron chi connectivity index (χ3n) is 12.1. The van der Waals surface area contributed by atoms with E-state index in [4.69, 9.17) is 0 Å². The molecule has 0 atom stereocenters. The van der Waals surface area contributed by atoms with Gasteiger partial charge in [-0.15, -0.1) is 0 Å². The van der Waals surface area contributed by atoms with Crippen LogP contribution >= 0.6 is 0 Å². The Morgan fingerprint density at radius 1 is 0.167 bits per heavy atom. The smallest absolute Gasteiger partial charge is 0.00261 e. The minimum atomic E-state index is 1.19. The van der Waals surface area contributed by atoms with Crippen LogP contribution < -0.4 is 0 Å². The molecule has 0 heteroatoms. The summed E-state index contributed by atoms with van der Waals surface area (Å²) < 4.78 is 0. The molecule has 0 bridgehead atoms. The Labute approximate surface area is 351 Å². The molecule has 0 spiro atoms. The van der Waals surface area contributed by atoms with E-state index in [1.807, 2.05) is 0 Å². The van der Waals surface area contributed by atoms with E-state index in [-0.39, 0.29) is 0 Å². The van der Waals surface area contributed by atoms with Gasteiger partial charge in [0, 0.05) is 0 Å². The van der Waals surface area contributed by atoms with Crippen molar-refractivity contribution in [2.75, 3.05) is 0 Å². The van der Waals surface area contributed by atoms with Gasteiger partial charge in [-0.3, -0.25) is 0 Å². The standard InChI is InChI=1S/C60H40/c1-4-15-41(16-5-1)43-27-29-45(30-28-43)49-21-14-22-50(39-49)59-52(46-33-31-44(32-34-46)42-17-6-2-7-18-42)38-37-47-35-36-51(40-57(47)59)60-55-25-12-10-23-53(55)58(48-19-8-3-9-20-48)54-24-11-13-26-56(54)60/h1-40H. The van der Waals surface area contributed by atoms with Crippen molar-refractivity contribution in [1.82, 2.24) is 0 Å². The molecule has 60 heavy (non-hydrogen) atoms. The van der Waals surface area contributed by atoms with Gasteiger partial charge in [0.15, 0.2) is 0 Å². The minimum Gasteiger partial charge on any atom is -0.0622 e. The lowest BCUT2D eigenvalue weighted by Gasteiger charge is -2.19. The SMILES string of the molecule is c1ccc(-c2ccc(-c3cccc(-c4c(-c5ccc(-c6ccccc6)cc5)ccc5ccc(-c6c7ccccc7c(-c7ccccc7)c7ccccc67)cc45)c3)cc2)cc1. The molecule has 0 fully saturated rings. The maximum absolute atomic E-state index is 2.45. The average molecular weight is 761 g/mol. The predicted molar refractivity (Wildman–Crippen MR) is 257 cm³/mol. The highest BCUT2D eigenvalue weighted by atomic mass is 14.2. The molecule has 11 aromatic carbocycles. The molecule has 0 amide bonds. The van der Waals surface area contributed by atoms with Gasteiger partial charge >= 0.3 is 0 Å². The van der Waals surface area contributed by atoms with E-state index in [1.54, 1.807) is 0 Å². The molecule has 0 unspecified atom stereocenters. The van der Waals surface area contributed by atoms with Crippen LogP contribution in [0.1, 0.15) is 0 Å². The largest absolute Gasteiger partial charge is 0.0622 e. The van der Waals surface area contributed by atoms with Crippen molar-refractivity contribution in [1.29, 1.82) is 0 Å². The van der Waals surface area contributed by atoms with E-state index in [1.165, 1.54) is 110 Å². The first kappa shape index (κ1) is 35.4. The predicted octanol–water partition coefficient (Wildman–Crippen LogP) is 16.8. The highest BCUT2D eigenvalue weighted by molar-refractivity contribution is 6.22. The Kier molecular flexibility index (Phi) is 8.95. The summed E-state index contributed by atoms with van der Waals surface area (Å²) in [5.74, 6) is 0. The lowest BCUT2D eigenvalue weighted by molar-refractivity contribution is 1.57. The molecular weight excluding hydrogens is 721 g/mol. The number of fused-ring (bicyclic) bond motifs is 3. The number of hydrogen-bond donors (Lipinski definition) is 0. The van der Waals surface area contributed by atoms with Gasteiger partial charge in [-0.1, -0.05) is 231 Å². The van der Waals surface area contributed by atoms with E-state index in [0.717, 1.165) is 0 Å². The first-order chi connectivity index (χ1) is 29.8. The molecule has 280 valence electrons. The molecule has 0 aliphatic rings. The monoisotopic (exact) mass is 760 g/mol. The second-order valence-electron chi connectivity index (χ2n) is 15.6. The molecule has 0 nitrogen and oxygen atoms in total. The second kappa shape index (κ2) is 15.2. The fourth-order valence-corrected chi connectivity index (χ4v) is 9.19. The summed E-state index contributed by atoms with van der Waals surface area (Å²) in [6.45, 7) is 0. The van der Waals surface area contributed by atoms with Crippen molar-refractivity contribution in [2.45, 2.75) is 0 Å². The van der Waals surface area contributed by atoms with Crippen LogP contribution in [-0.4, -0.2) is 0 Å². The lowest BCUT2D eigenvalue weighted by Crippen LogP contribution is -1.92. The quantitative estimate of drug-likeness (QED) is 0.142. The summed E-state index contributed by atoms with van der Waals surface area (Å²) in [7, 11) is 0. The van der Waals surface area contributed by atoms with E-state index < -0.39 is 0 Å². The van der Waals surface area contributed by atoms with Gasteiger partial charge in [-0.2, -0.15) is 0 Å². The first-order valence-corrected chi connectivity index (χ1v) is 20.7. The van der Waals surface area contributed by atoms with Crippen LogP contribution in [0.2, 0.25) is 0 Å². The van der Waals surface area contributed by atoms with E-state index >= 15 is 0 Å². The fourth-order valence-electron chi connectivity index (χ4n) is 9.19. The maximum Gasteiger partial charge on any atom is -0.00261 e. The Balaban J connectivity index is 1.13. The van der Waals surface area contributed by atoms with Crippen LogP contribution in [0.3, 0.4) is 0 Å². The zero-order valence-corrected chi connectivity index (χ0v) is 33.1. The summed E-state index contributed by atoms with van der Waals surface area (Å²) in [4.78, 5) is 0. The Hall–Kier alpha value is -7.80. The molecular formula is C60H40. The van der Waals surface area contributed by atoms with Crippen LogP contribution in [0.5, 0.6) is 0 Å². The van der Waals surface area contributed by atoms with Gasteiger partial charge in [-0.05, 0) is 122 Å². The van der Waals surface area contributed by atoms with Crippen LogP contribution in [0.15, 0.2) is 243 Å². The zero-order valence-electron chi connectivity index (χ0n) is 33.1. The molecule has 0 saturated carbocycles. The van der Waals surface area contributed by atoms with E-state index in [2.05, 4.69) is 243 Å². The molecule has 0 aliphatic heterocycles. The van der Waals surface area contributed by atoms with Gasteiger partial charge in [0.2, 0.25) is 0 Å². The normalized spacial score (nSPS) is 11.3. The summed E-state index contributed by atoms with van der Waals surface area (Å²) in [6.07, 6.45) is 0. The summed E-state index contributed by atoms with van der Waals surface area (Å²) >= 11 is 0. The van der Waals surface area contributed by atoms with Gasteiger partial charge in [0.25, 0.3) is 0 Å². The average Bonchev–Trinajstić information content (AvgIpc) is 3.33. The molecule has 0 heterocycles. The van der Waals surface area contributed by atoms with Crippen molar-refractivity contribution in [3.8, 4) is 77.9 Å². The third-order valence-corrected chi connectivity index (χ3v) is 12.1. The Morgan fingerprint density at radius 2 is 0.517 bits per heavy atom. The molecule has 11 rings (SSSR count). The highest BCUT2D eigenvalue weighted by Gasteiger charge is 2.19. The Bertz CT molecular complexity index is 3250. The molecule has 0 aliphatic carbocycles. The van der Waals surface area contributed by atoms with Crippen molar-refractivity contribution in [3.63, 3.8) is 0 Å². The van der Waals surface area contributed by atoms with Crippen molar-refractivity contribution in [3.05, 3.63) is 243 Å². The van der Waals surface area contributed by atoms with Crippen LogP contribution in [0.4, 0.5) is 0 Å². The van der Waals surface area contributed by atoms with Crippen molar-refractivity contribution >= 4 is 32.3 Å². The fraction of sp³-hybridized carbons (Fsp3) is 0. The second-order valence-corrected chi connectivity index (χ2v) is 15.6. The first-order valence-electron chi connectivity index (χ1n) is 20.7. The van der Waals surface area contributed by atoms with Crippen LogP contribution in [-0.2, 0) is 0 Å². The minimum absolute atomic E-state index is 1.19. The van der Waals surface area contributed by atoms with E-state index in [9.17, 15) is 0 Å². The Morgan fingerprint density at radius 3 is 1.05 bits per heavy atom. The molecule has 0 aromatic heterocycles. The molecule has 0 saturated heterocycles. The van der Waals surface area contributed by atoms with Gasteiger partial charge in [-0.25, -0.2) is 0 Å². The summed E-state index contributed by atoms with van der Waals surface area (Å²) in [5.41, 5.74) is 17.1. The third kappa shape index (κ3) is 6.36. The summed E-state index contributed by atoms with van der Waals surface area (Å²) in [5, 5.41) is 7.47. The van der Waals surface area contributed by atoms with Crippen LogP contribution in [0, 0.1) is 0 Å². The number of benzene rings is 11. The van der Waals surface area contributed by atoms with Crippen molar-refractivity contribution in [2.24, 2.45) is 0 Å². The number of hydrogen-bond acceptors (Lipinski definition) is 0. The van der Waals surface area contributed by atoms with Gasteiger partial charge in [0.1, 0.15) is 0 Å². The highest BCUT2D eigenvalue weighted by Crippen LogP contribution is 2.46. The van der Waals surface area contributed by atoms with Crippen LogP contribution in [0.25, 0.3) is 110 Å². The molecule has 11 aromatic rings. The maximum atomic E-state index is 2.45. The van der Waals surface area contributed by atoms with Gasteiger partial charge in [0.05, 0.1) is 0 Å². The van der Waals surface area contributed by atoms with Gasteiger partial charge < -0.3 is 0 Å².